The Morgan fingerprint density at radius 3 is 2.86 bits per heavy atom. The van der Waals surface area contributed by atoms with E-state index in [0.717, 1.165) is 31.2 Å². The molecule has 148 valence electrons. The van der Waals surface area contributed by atoms with Crippen molar-refractivity contribution in [1.29, 1.82) is 0 Å². The summed E-state index contributed by atoms with van der Waals surface area (Å²) in [5, 5.41) is 3.78. The third-order valence-electron chi connectivity index (χ3n) is 6.90. The van der Waals surface area contributed by atoms with Crippen LogP contribution in [0.4, 0.5) is 4.79 Å². The molecule has 0 radical (unpaired) electrons. The van der Waals surface area contributed by atoms with Crippen LogP contribution in [0.25, 0.3) is 10.4 Å². The van der Waals surface area contributed by atoms with Crippen molar-refractivity contribution in [2.24, 2.45) is 22.4 Å². The van der Waals surface area contributed by atoms with E-state index in [9.17, 15) is 9.59 Å². The number of hydrogen-bond donors (Lipinski definition) is 0. The summed E-state index contributed by atoms with van der Waals surface area (Å²) in [6, 6.07) is 8.85. The lowest BCUT2D eigenvalue weighted by Gasteiger charge is -2.53. The van der Waals surface area contributed by atoms with Crippen molar-refractivity contribution in [1.82, 2.24) is 4.90 Å². The van der Waals surface area contributed by atoms with E-state index < -0.39 is 11.5 Å². The van der Waals surface area contributed by atoms with E-state index >= 15 is 0 Å². The lowest BCUT2D eigenvalue weighted by Crippen LogP contribution is -2.61. The topological polar surface area (TPSA) is 95.4 Å². The summed E-state index contributed by atoms with van der Waals surface area (Å²) in [5.74, 6) is 0.630. The van der Waals surface area contributed by atoms with Gasteiger partial charge in [-0.05, 0) is 55.0 Å². The van der Waals surface area contributed by atoms with Crippen LogP contribution in [0.1, 0.15) is 44.6 Å². The van der Waals surface area contributed by atoms with E-state index in [1.807, 2.05) is 30.3 Å². The fourth-order valence-corrected chi connectivity index (χ4v) is 5.79. The molecule has 2 aliphatic carbocycles. The highest BCUT2D eigenvalue weighted by atomic mass is 16.6. The molecule has 7 heteroatoms. The van der Waals surface area contributed by atoms with Crippen LogP contribution in [0.3, 0.4) is 0 Å². The second-order valence-corrected chi connectivity index (χ2v) is 8.49. The smallest absolute Gasteiger partial charge is 0.410 e. The summed E-state index contributed by atoms with van der Waals surface area (Å²) in [4.78, 5) is 30.9. The number of piperidine rings is 1. The first-order valence-electron chi connectivity index (χ1n) is 10.1. The highest BCUT2D eigenvalue weighted by Crippen LogP contribution is 2.58. The Morgan fingerprint density at radius 1 is 1.32 bits per heavy atom. The van der Waals surface area contributed by atoms with Gasteiger partial charge < -0.3 is 9.64 Å². The first-order chi connectivity index (χ1) is 13.6. The minimum Gasteiger partial charge on any atom is -0.445 e. The summed E-state index contributed by atoms with van der Waals surface area (Å²) >= 11 is 0. The predicted octanol–water partition coefficient (Wildman–Crippen LogP) is 4.47. The minimum atomic E-state index is -0.594. The number of carbonyl (C=O) groups excluding carboxylic acids is 2. The SMILES string of the molecule is C[C@@H]1C[C@H]2CC(N=[N+]=[N-])C(=O)[C@]23CCCN(C(=O)OCc2ccccc2)[C@H]3C1. The maximum absolute atomic E-state index is 13.3. The number of amides is 1. The molecule has 0 aromatic heterocycles. The summed E-state index contributed by atoms with van der Waals surface area (Å²) in [6.45, 7) is 3.01. The molecule has 7 nitrogen and oxygen atoms in total. The molecule has 0 bridgehead atoms. The van der Waals surface area contributed by atoms with Gasteiger partial charge in [0.2, 0.25) is 0 Å². The van der Waals surface area contributed by atoms with E-state index in [2.05, 4.69) is 16.9 Å². The second-order valence-electron chi connectivity index (χ2n) is 8.49. The number of hydrogen-bond acceptors (Lipinski definition) is 4. The van der Waals surface area contributed by atoms with Crippen molar-refractivity contribution < 1.29 is 14.3 Å². The molecule has 1 spiro atoms. The van der Waals surface area contributed by atoms with Crippen molar-refractivity contribution in [2.75, 3.05) is 6.54 Å². The fraction of sp³-hybridized carbons (Fsp3) is 0.619. The zero-order valence-electron chi connectivity index (χ0n) is 16.2. The molecular formula is C21H26N4O3. The van der Waals surface area contributed by atoms with Gasteiger partial charge in [-0.15, -0.1) is 0 Å². The molecule has 4 rings (SSSR count). The van der Waals surface area contributed by atoms with Crippen LogP contribution in [0.5, 0.6) is 0 Å². The lowest BCUT2D eigenvalue weighted by atomic mass is 9.58. The van der Waals surface area contributed by atoms with Crippen molar-refractivity contribution in [3.63, 3.8) is 0 Å². The van der Waals surface area contributed by atoms with Gasteiger partial charge in [-0.2, -0.15) is 0 Å². The van der Waals surface area contributed by atoms with Gasteiger partial charge in [0.15, 0.2) is 0 Å². The molecule has 1 unspecified atom stereocenters. The van der Waals surface area contributed by atoms with Crippen LogP contribution in [0.2, 0.25) is 0 Å². The molecule has 1 saturated heterocycles. The Labute approximate surface area is 164 Å². The number of azide groups is 1. The van der Waals surface area contributed by atoms with Gasteiger partial charge in [0.25, 0.3) is 0 Å². The van der Waals surface area contributed by atoms with E-state index in [4.69, 9.17) is 10.3 Å². The maximum Gasteiger partial charge on any atom is 0.410 e. The van der Waals surface area contributed by atoms with Crippen molar-refractivity contribution in [3.05, 3.63) is 46.3 Å². The monoisotopic (exact) mass is 382 g/mol. The molecule has 1 aliphatic heterocycles. The number of nitrogens with zero attached hydrogens (tertiary/aromatic N) is 4. The number of ether oxygens (including phenoxy) is 1. The zero-order chi connectivity index (χ0) is 19.7. The van der Waals surface area contributed by atoms with E-state index in [-0.39, 0.29) is 30.4 Å². The quantitative estimate of drug-likeness (QED) is 0.438. The van der Waals surface area contributed by atoms with Crippen LogP contribution in [-0.4, -0.2) is 35.4 Å². The van der Waals surface area contributed by atoms with Gasteiger partial charge in [0, 0.05) is 17.5 Å². The predicted molar refractivity (Wildman–Crippen MR) is 103 cm³/mol. The third kappa shape index (κ3) is 3.04. The number of likely N-dealkylation sites (tertiary alicyclic amines) is 1. The van der Waals surface area contributed by atoms with Crippen molar-refractivity contribution in [2.45, 2.75) is 57.7 Å². The van der Waals surface area contributed by atoms with E-state index in [1.54, 1.807) is 4.90 Å². The highest BCUT2D eigenvalue weighted by molar-refractivity contribution is 5.94. The Kier molecular flexibility index (Phi) is 5.02. The van der Waals surface area contributed by atoms with Gasteiger partial charge in [-0.3, -0.25) is 4.79 Å². The average molecular weight is 382 g/mol. The Bertz CT molecular complexity index is 807. The Balaban J connectivity index is 1.57. The standard InChI is InChI=1S/C21H26N4O3/c1-14-10-16-12-17(23-24-22)19(26)21(16)8-5-9-25(18(21)11-14)20(27)28-13-15-6-3-2-4-7-15/h2-4,6-7,14,16-18H,5,8-13H2,1H3/t14-,16+,17?,18+,21-/m1/s1. The normalized spacial score (nSPS) is 34.2. The number of ketones is 1. The molecule has 1 aromatic rings. The van der Waals surface area contributed by atoms with Gasteiger partial charge in [0.1, 0.15) is 12.4 Å². The molecule has 3 fully saturated rings. The van der Waals surface area contributed by atoms with Crippen LogP contribution >= 0.6 is 0 Å². The number of carbonyl (C=O) groups is 2. The summed E-state index contributed by atoms with van der Waals surface area (Å²) in [6.07, 6.45) is 3.56. The molecule has 28 heavy (non-hydrogen) atoms. The van der Waals surface area contributed by atoms with Gasteiger partial charge in [-0.25, -0.2) is 4.79 Å². The number of benzene rings is 1. The van der Waals surface area contributed by atoms with Gasteiger partial charge in [0.05, 0.1) is 11.5 Å². The summed E-state index contributed by atoms with van der Waals surface area (Å²) in [7, 11) is 0. The molecule has 1 aromatic carbocycles. The first-order valence-corrected chi connectivity index (χ1v) is 10.1. The lowest BCUT2D eigenvalue weighted by molar-refractivity contribution is -0.140. The number of rotatable bonds is 3. The molecule has 5 atom stereocenters. The van der Waals surface area contributed by atoms with Crippen molar-refractivity contribution >= 4 is 11.9 Å². The number of Topliss-reactive ketones (excluding diaryl/α,β-unsaturated/α-hetero) is 1. The third-order valence-corrected chi connectivity index (χ3v) is 6.90. The van der Waals surface area contributed by atoms with Crippen LogP contribution in [0.15, 0.2) is 35.4 Å². The van der Waals surface area contributed by atoms with Crippen LogP contribution < -0.4 is 0 Å². The minimum absolute atomic E-state index is 0.0350. The zero-order valence-corrected chi connectivity index (χ0v) is 16.2. The highest BCUT2D eigenvalue weighted by Gasteiger charge is 2.63. The Morgan fingerprint density at radius 2 is 2.11 bits per heavy atom. The molecule has 1 amide bonds. The van der Waals surface area contributed by atoms with E-state index in [1.165, 1.54) is 0 Å². The van der Waals surface area contributed by atoms with Gasteiger partial charge >= 0.3 is 6.09 Å². The molecular weight excluding hydrogens is 356 g/mol. The summed E-state index contributed by atoms with van der Waals surface area (Å²) in [5.41, 5.74) is 9.23. The van der Waals surface area contributed by atoms with E-state index in [0.29, 0.717) is 18.9 Å². The second kappa shape index (κ2) is 7.47. The summed E-state index contributed by atoms with van der Waals surface area (Å²) < 4.78 is 5.60. The first kappa shape index (κ1) is 18.8. The van der Waals surface area contributed by atoms with Crippen LogP contribution in [0, 0.1) is 17.3 Å². The Hall–Kier alpha value is -2.53. The maximum atomic E-state index is 13.3. The molecule has 3 aliphatic rings. The average Bonchev–Trinajstić information content (AvgIpc) is 2.96. The largest absolute Gasteiger partial charge is 0.445 e. The van der Waals surface area contributed by atoms with Crippen LogP contribution in [-0.2, 0) is 16.1 Å². The van der Waals surface area contributed by atoms with Gasteiger partial charge in [-0.1, -0.05) is 42.4 Å². The van der Waals surface area contributed by atoms with Crippen molar-refractivity contribution in [3.8, 4) is 0 Å². The fourth-order valence-electron chi connectivity index (χ4n) is 5.79. The molecule has 0 N–H and O–H groups in total. The molecule has 2 saturated carbocycles. The molecule has 1 heterocycles.